The van der Waals surface area contributed by atoms with Crippen LogP contribution in [0.2, 0.25) is 0 Å². The minimum Gasteiger partial charge on any atom is -0.479 e. The molecule has 2 aliphatic heterocycles. The molecule has 1 saturated heterocycles. The predicted molar refractivity (Wildman–Crippen MR) is 170 cm³/mol. The molecule has 0 radical (unpaired) electrons. The van der Waals surface area contributed by atoms with Crippen LogP contribution in [-0.4, -0.2) is 77.3 Å². The van der Waals surface area contributed by atoms with Crippen LogP contribution in [0.25, 0.3) is 10.8 Å². The topological polar surface area (TPSA) is 157 Å². The van der Waals surface area contributed by atoms with Crippen LogP contribution in [0.4, 0.5) is 0 Å². The molecule has 13 heteroatoms. The number of carbonyl (C=O) groups excluding carboxylic acids is 3. The van der Waals surface area contributed by atoms with E-state index in [4.69, 9.17) is 9.47 Å². The van der Waals surface area contributed by atoms with Crippen molar-refractivity contribution in [2.75, 3.05) is 13.7 Å². The number of allylic oxidation sites excluding steroid dienone is 1. The Morgan fingerprint density at radius 3 is 2.46 bits per heavy atom. The molecule has 12 nitrogen and oxygen atoms in total. The van der Waals surface area contributed by atoms with Gasteiger partial charge in [-0.3, -0.25) is 19.1 Å². The minimum absolute atomic E-state index is 0.108. The van der Waals surface area contributed by atoms with E-state index in [1.165, 1.54) is 7.11 Å². The van der Waals surface area contributed by atoms with E-state index in [9.17, 15) is 22.8 Å². The lowest BCUT2D eigenvalue weighted by Gasteiger charge is -2.28. The van der Waals surface area contributed by atoms with Gasteiger partial charge in [0.15, 0.2) is 0 Å². The van der Waals surface area contributed by atoms with Crippen LogP contribution in [0.5, 0.6) is 11.8 Å². The van der Waals surface area contributed by atoms with Crippen molar-refractivity contribution in [2.45, 2.75) is 94.6 Å². The van der Waals surface area contributed by atoms with Crippen LogP contribution in [0, 0.1) is 17.8 Å². The summed E-state index contributed by atoms with van der Waals surface area (Å²) in [7, 11) is -2.40. The van der Waals surface area contributed by atoms with E-state index in [0.29, 0.717) is 30.0 Å². The van der Waals surface area contributed by atoms with Gasteiger partial charge in [0.2, 0.25) is 33.6 Å². The zero-order chi connectivity index (χ0) is 32.9. The monoisotopic (exact) mass is 653 g/mol. The largest absolute Gasteiger partial charge is 0.479 e. The van der Waals surface area contributed by atoms with Crippen LogP contribution in [0.15, 0.2) is 36.4 Å². The van der Waals surface area contributed by atoms with Crippen molar-refractivity contribution in [1.82, 2.24) is 25.1 Å². The number of carbonyl (C=O) groups is 3. The van der Waals surface area contributed by atoms with Crippen molar-refractivity contribution in [3.05, 3.63) is 36.4 Å². The van der Waals surface area contributed by atoms with Crippen LogP contribution >= 0.6 is 0 Å². The molecule has 3 fully saturated rings. The van der Waals surface area contributed by atoms with Gasteiger partial charge in [-0.1, -0.05) is 38.1 Å². The zero-order valence-electron chi connectivity index (χ0n) is 26.8. The van der Waals surface area contributed by atoms with Gasteiger partial charge in [-0.2, -0.15) is 0 Å². The van der Waals surface area contributed by atoms with Crippen molar-refractivity contribution >= 4 is 38.5 Å². The Kier molecular flexibility index (Phi) is 8.49. The van der Waals surface area contributed by atoms with Gasteiger partial charge in [0.05, 0.1) is 29.2 Å². The number of hydrogen-bond acceptors (Lipinski definition) is 9. The summed E-state index contributed by atoms with van der Waals surface area (Å²) >= 11 is 0. The molecule has 248 valence electrons. The van der Waals surface area contributed by atoms with Crippen molar-refractivity contribution < 1.29 is 32.3 Å². The number of sulfonamides is 1. The standard InChI is InChI=1S/C33H43N5O7S/c1-20-9-5-6-10-22-18-33(22,31(41)37-46(42,43)32(3)13-14-32)34-28(40)26-17-23(19-38(26)27(39)16-21(2)15-20)45-30-25-12-8-7-11-24(25)29(44-4)35-36-30/h6-8,10-12,20-23,26H,5,9,13-19H2,1-4H3,(H,34,40)(H,37,41)/b10-6-/t20-,21-,22-,23-,26+,33-/m1/s1. The normalized spacial score (nSPS) is 31.8. The Hall–Kier alpha value is -3.74. The first-order valence-electron chi connectivity index (χ1n) is 16.2. The molecule has 1 aromatic carbocycles. The Balaban J connectivity index is 1.28. The van der Waals surface area contributed by atoms with E-state index in [2.05, 4.69) is 34.1 Å². The minimum atomic E-state index is -3.92. The highest BCUT2D eigenvalue weighted by Gasteiger charge is 2.63. The molecular formula is C33H43N5O7S. The summed E-state index contributed by atoms with van der Waals surface area (Å²) in [5.41, 5.74) is -1.42. The fraction of sp³-hybridized carbons (Fsp3) is 0.606. The number of nitrogens with one attached hydrogen (secondary N) is 2. The summed E-state index contributed by atoms with van der Waals surface area (Å²) in [5.74, 6) is -0.676. The van der Waals surface area contributed by atoms with E-state index >= 15 is 0 Å². The highest BCUT2D eigenvalue weighted by Crippen LogP contribution is 2.47. The van der Waals surface area contributed by atoms with E-state index in [1.807, 2.05) is 36.4 Å². The van der Waals surface area contributed by atoms with Crippen molar-refractivity contribution in [3.8, 4) is 11.8 Å². The number of nitrogens with zero attached hydrogens (tertiary/aromatic N) is 3. The Morgan fingerprint density at radius 1 is 1.07 bits per heavy atom. The Labute approximate surface area is 269 Å². The highest BCUT2D eigenvalue weighted by atomic mass is 32.2. The third-order valence-corrected chi connectivity index (χ3v) is 12.3. The third-order valence-electron chi connectivity index (χ3n) is 10.1. The van der Waals surface area contributed by atoms with Gasteiger partial charge in [-0.15, -0.1) is 10.2 Å². The van der Waals surface area contributed by atoms with Gasteiger partial charge < -0.3 is 19.7 Å². The fourth-order valence-electron chi connectivity index (χ4n) is 6.87. The third kappa shape index (κ3) is 6.17. The lowest BCUT2D eigenvalue weighted by atomic mass is 9.91. The number of ether oxygens (including phenoxy) is 2. The molecule has 2 aliphatic carbocycles. The zero-order valence-corrected chi connectivity index (χ0v) is 27.6. The Bertz CT molecular complexity index is 1680. The molecular weight excluding hydrogens is 610 g/mol. The second kappa shape index (κ2) is 12.1. The maximum Gasteiger partial charge on any atom is 0.259 e. The second-order valence-electron chi connectivity index (χ2n) is 13.9. The molecule has 4 aliphatic rings. The SMILES string of the molecule is COc1nnc(O[C@@H]2C[C@H]3C(=O)N[C@]4(C(=O)NS(=O)(=O)C5(C)CC5)C[C@H]4/C=C\CC[C@@H](C)C[C@@H](C)CC(=O)N3C2)c2ccccc12. The van der Waals surface area contributed by atoms with Crippen LogP contribution in [-0.2, 0) is 24.4 Å². The molecule has 0 bridgehead atoms. The average Bonchev–Trinajstić information content (AvgIpc) is 3.89. The molecule has 0 unspecified atom stereocenters. The van der Waals surface area contributed by atoms with Crippen molar-refractivity contribution in [2.24, 2.45) is 17.8 Å². The molecule has 6 rings (SSSR count). The van der Waals surface area contributed by atoms with Gasteiger partial charge in [0.1, 0.15) is 17.7 Å². The molecule has 6 atom stereocenters. The summed E-state index contributed by atoms with van der Waals surface area (Å²) in [6, 6.07) is 6.48. The number of methoxy groups -OCH3 is 1. The quantitative estimate of drug-likeness (QED) is 0.447. The summed E-state index contributed by atoms with van der Waals surface area (Å²) in [6.45, 7) is 5.98. The second-order valence-corrected chi connectivity index (χ2v) is 16.1. The highest BCUT2D eigenvalue weighted by molar-refractivity contribution is 7.91. The van der Waals surface area contributed by atoms with Crippen LogP contribution in [0.1, 0.15) is 72.1 Å². The first kappa shape index (κ1) is 32.2. The summed E-state index contributed by atoms with van der Waals surface area (Å²) in [5, 5.41) is 12.7. The number of amides is 3. The van der Waals surface area contributed by atoms with Crippen LogP contribution in [0.3, 0.4) is 0 Å². The first-order valence-corrected chi connectivity index (χ1v) is 17.6. The number of aromatic nitrogens is 2. The molecule has 3 heterocycles. The van der Waals surface area contributed by atoms with Gasteiger partial charge in [-0.25, -0.2) is 8.42 Å². The molecule has 3 amide bonds. The first-order chi connectivity index (χ1) is 21.9. The van der Waals surface area contributed by atoms with E-state index < -0.39 is 44.3 Å². The van der Waals surface area contributed by atoms with Crippen molar-refractivity contribution in [1.29, 1.82) is 0 Å². The summed E-state index contributed by atoms with van der Waals surface area (Å²) in [6.07, 6.45) is 7.58. The van der Waals surface area contributed by atoms with Crippen molar-refractivity contribution in [3.63, 3.8) is 0 Å². The van der Waals surface area contributed by atoms with Gasteiger partial charge >= 0.3 is 0 Å². The maximum atomic E-state index is 14.1. The molecule has 2 aromatic rings. The van der Waals surface area contributed by atoms with E-state index in [-0.39, 0.29) is 49.4 Å². The van der Waals surface area contributed by atoms with E-state index in [1.54, 1.807) is 11.8 Å². The smallest absolute Gasteiger partial charge is 0.259 e. The molecule has 2 saturated carbocycles. The van der Waals surface area contributed by atoms with Crippen LogP contribution < -0.4 is 19.5 Å². The lowest BCUT2D eigenvalue weighted by molar-refractivity contribution is -0.140. The van der Waals surface area contributed by atoms with E-state index in [0.717, 1.165) is 24.6 Å². The average molecular weight is 654 g/mol. The molecule has 1 aromatic heterocycles. The molecule has 46 heavy (non-hydrogen) atoms. The predicted octanol–water partition coefficient (Wildman–Crippen LogP) is 3.26. The molecule has 0 spiro atoms. The Morgan fingerprint density at radius 2 is 1.76 bits per heavy atom. The fourth-order valence-corrected chi connectivity index (χ4v) is 8.18. The van der Waals surface area contributed by atoms with Gasteiger partial charge in [-0.05, 0) is 69.4 Å². The molecule has 2 N–H and O–H groups in total. The number of rotatable bonds is 6. The maximum absolute atomic E-state index is 14.1. The summed E-state index contributed by atoms with van der Waals surface area (Å²) < 4.78 is 39.0. The number of fused-ring (bicyclic) bond motifs is 3. The van der Waals surface area contributed by atoms with Gasteiger partial charge in [0.25, 0.3) is 5.91 Å². The number of benzene rings is 1. The number of hydrogen-bond donors (Lipinski definition) is 2. The summed E-state index contributed by atoms with van der Waals surface area (Å²) in [4.78, 5) is 43.0. The van der Waals surface area contributed by atoms with Gasteiger partial charge in [0, 0.05) is 18.8 Å². The lowest BCUT2D eigenvalue weighted by Crippen LogP contribution is -2.57.